The Bertz CT molecular complexity index is 331. The van der Waals surface area contributed by atoms with Crippen molar-refractivity contribution in [2.24, 2.45) is 11.8 Å². The van der Waals surface area contributed by atoms with Crippen molar-refractivity contribution in [2.45, 2.75) is 125 Å². The molecule has 2 aliphatic carbocycles. The number of nitrogens with zero attached hydrogens (tertiary/aromatic N) is 2. The van der Waals surface area contributed by atoms with Crippen LogP contribution in [0.3, 0.4) is 0 Å². The van der Waals surface area contributed by atoms with Crippen LogP contribution < -0.4 is 0 Å². The third-order valence-electron chi connectivity index (χ3n) is 6.53. The highest BCUT2D eigenvalue weighted by Crippen LogP contribution is 2.38. The first kappa shape index (κ1) is 23.0. The molecule has 0 aromatic carbocycles. The van der Waals surface area contributed by atoms with E-state index in [2.05, 4.69) is 37.5 Å². The van der Waals surface area contributed by atoms with Gasteiger partial charge < -0.3 is 0 Å². The molecule has 0 radical (unpaired) electrons. The maximum Gasteiger partial charge on any atom is 0.0101 e. The molecule has 0 amide bonds. The van der Waals surface area contributed by atoms with Crippen LogP contribution >= 0.6 is 0 Å². The van der Waals surface area contributed by atoms with Gasteiger partial charge >= 0.3 is 0 Å². The number of hydrogen-bond donors (Lipinski definition) is 0. The molecule has 0 aromatic rings. The summed E-state index contributed by atoms with van der Waals surface area (Å²) in [6.07, 6.45) is 10.4. The van der Waals surface area contributed by atoms with Crippen molar-refractivity contribution in [2.75, 3.05) is 13.1 Å². The molecule has 3 aliphatic heterocycles. The zero-order chi connectivity index (χ0) is 19.0. The highest BCUT2D eigenvalue weighted by molar-refractivity contribution is 4.93. The van der Waals surface area contributed by atoms with Gasteiger partial charge in [0.1, 0.15) is 0 Å². The largest absolute Gasteiger partial charge is 0.298 e. The number of piperidine rings is 3. The Morgan fingerprint density at radius 1 is 0.560 bits per heavy atom. The Kier molecular flexibility index (Phi) is 10.6. The van der Waals surface area contributed by atoms with Gasteiger partial charge in [0.15, 0.2) is 0 Å². The summed E-state index contributed by atoms with van der Waals surface area (Å²) in [7, 11) is 0. The van der Waals surface area contributed by atoms with Gasteiger partial charge in [0.25, 0.3) is 0 Å². The van der Waals surface area contributed by atoms with E-state index in [1.54, 1.807) is 0 Å². The van der Waals surface area contributed by atoms with E-state index in [0.717, 1.165) is 36.0 Å². The third kappa shape index (κ3) is 6.24. The molecule has 2 unspecified atom stereocenters. The van der Waals surface area contributed by atoms with Crippen LogP contribution in [-0.4, -0.2) is 47.1 Å². The zero-order valence-electron chi connectivity index (χ0n) is 18.7. The summed E-state index contributed by atoms with van der Waals surface area (Å²) in [5, 5.41) is 0. The Labute approximate surface area is 159 Å². The van der Waals surface area contributed by atoms with E-state index >= 15 is 0 Å². The van der Waals surface area contributed by atoms with Crippen molar-refractivity contribution in [1.82, 2.24) is 9.80 Å². The van der Waals surface area contributed by atoms with E-state index in [1.165, 1.54) is 58.0 Å². The van der Waals surface area contributed by atoms with Crippen molar-refractivity contribution in [1.29, 1.82) is 0 Å². The van der Waals surface area contributed by atoms with Crippen molar-refractivity contribution in [3.8, 4) is 0 Å². The predicted octanol–water partition coefficient (Wildman–Crippen LogP) is 6.20. The molecule has 3 saturated heterocycles. The highest BCUT2D eigenvalue weighted by atomic mass is 15.2. The molecule has 150 valence electrons. The molecule has 2 atom stereocenters. The van der Waals surface area contributed by atoms with Gasteiger partial charge in [0.2, 0.25) is 0 Å². The van der Waals surface area contributed by atoms with Crippen LogP contribution in [0.1, 0.15) is 100 Å². The van der Waals surface area contributed by atoms with E-state index in [0.29, 0.717) is 0 Å². The van der Waals surface area contributed by atoms with Gasteiger partial charge in [-0.15, -0.1) is 0 Å². The Hall–Kier alpha value is -0.0800. The van der Waals surface area contributed by atoms with E-state index in [9.17, 15) is 0 Å². The van der Waals surface area contributed by atoms with Crippen LogP contribution in [0, 0.1) is 11.8 Å². The van der Waals surface area contributed by atoms with E-state index in [1.807, 2.05) is 27.7 Å². The van der Waals surface area contributed by atoms with Gasteiger partial charge in [-0.2, -0.15) is 0 Å². The summed E-state index contributed by atoms with van der Waals surface area (Å²) >= 11 is 0. The summed E-state index contributed by atoms with van der Waals surface area (Å²) < 4.78 is 0. The molecule has 2 saturated carbocycles. The average molecular weight is 353 g/mol. The fraction of sp³-hybridized carbons (Fsp3) is 1.00. The first-order valence-electron chi connectivity index (χ1n) is 11.6. The quantitative estimate of drug-likeness (QED) is 0.583. The lowest BCUT2D eigenvalue weighted by Crippen LogP contribution is -2.50. The minimum Gasteiger partial charge on any atom is -0.298 e. The summed E-state index contributed by atoms with van der Waals surface area (Å²) in [4.78, 5) is 5.38. The molecule has 5 rings (SSSR count). The topological polar surface area (TPSA) is 6.48 Å². The highest BCUT2D eigenvalue weighted by Gasteiger charge is 2.38. The lowest BCUT2D eigenvalue weighted by Gasteiger charge is -2.47. The second-order valence-corrected chi connectivity index (χ2v) is 8.59. The molecule has 2 nitrogen and oxygen atoms in total. The van der Waals surface area contributed by atoms with Gasteiger partial charge in [-0.3, -0.25) is 9.80 Å². The first-order chi connectivity index (χ1) is 12.0. The van der Waals surface area contributed by atoms with Gasteiger partial charge in [-0.25, -0.2) is 0 Å². The summed E-state index contributed by atoms with van der Waals surface area (Å²) in [5.41, 5.74) is 0. The van der Waals surface area contributed by atoms with E-state index < -0.39 is 0 Å². The normalized spacial score (nSPS) is 33.4. The molecule has 3 heterocycles. The van der Waals surface area contributed by atoms with Crippen molar-refractivity contribution < 1.29 is 0 Å². The summed E-state index contributed by atoms with van der Waals surface area (Å²) in [6.45, 7) is 20.1. The van der Waals surface area contributed by atoms with Gasteiger partial charge in [0.05, 0.1) is 0 Å². The number of rotatable bonds is 2. The van der Waals surface area contributed by atoms with Gasteiger partial charge in [-0.05, 0) is 84.5 Å². The lowest BCUT2D eigenvalue weighted by molar-refractivity contribution is 0.0250. The number of hydrogen-bond acceptors (Lipinski definition) is 2. The van der Waals surface area contributed by atoms with Crippen molar-refractivity contribution >= 4 is 0 Å². The van der Waals surface area contributed by atoms with Gasteiger partial charge in [0, 0.05) is 37.3 Å². The molecule has 5 aliphatic rings. The number of fused-ring (bicyclic) bond motifs is 5. The SMILES string of the molecule is CC.CC.CC(C)N1CC2CCC1C2.CC(C)N1CC2CCC1CC2. The standard InChI is InChI=1S/C10H19N.C9H17N.2C2H6/c1-8(2)11-7-9-3-5-10(11)6-4-9;1-7(2)10-6-8-3-4-9(10)5-8;2*1-2/h8-10H,3-7H2,1-2H3;7-9H,3-6H2,1-2H3;2*1-2H3. The fourth-order valence-electron chi connectivity index (χ4n) is 5.33. The molecule has 0 spiro atoms. The minimum absolute atomic E-state index is 0.781. The van der Waals surface area contributed by atoms with Crippen LogP contribution in [0.4, 0.5) is 0 Å². The first-order valence-corrected chi connectivity index (χ1v) is 11.6. The lowest BCUT2D eigenvalue weighted by atomic mass is 9.79. The molecule has 25 heavy (non-hydrogen) atoms. The smallest absolute Gasteiger partial charge is 0.0101 e. The molecule has 4 bridgehead atoms. The summed E-state index contributed by atoms with van der Waals surface area (Å²) in [5.74, 6) is 2.11. The molecular weight excluding hydrogens is 304 g/mol. The summed E-state index contributed by atoms with van der Waals surface area (Å²) in [6, 6.07) is 3.48. The molecular formula is C23H48N2. The van der Waals surface area contributed by atoms with Gasteiger partial charge in [-0.1, -0.05) is 27.7 Å². The average Bonchev–Trinajstić information content (AvgIpc) is 3.30. The van der Waals surface area contributed by atoms with Crippen LogP contribution in [0.5, 0.6) is 0 Å². The van der Waals surface area contributed by atoms with E-state index in [-0.39, 0.29) is 0 Å². The van der Waals surface area contributed by atoms with E-state index in [4.69, 9.17) is 0 Å². The second-order valence-electron chi connectivity index (χ2n) is 8.59. The van der Waals surface area contributed by atoms with Crippen LogP contribution in [-0.2, 0) is 0 Å². The van der Waals surface area contributed by atoms with Crippen LogP contribution in [0.2, 0.25) is 0 Å². The molecule has 0 N–H and O–H groups in total. The van der Waals surface area contributed by atoms with Crippen LogP contribution in [0.15, 0.2) is 0 Å². The monoisotopic (exact) mass is 352 g/mol. The van der Waals surface area contributed by atoms with Crippen molar-refractivity contribution in [3.05, 3.63) is 0 Å². The Balaban J connectivity index is 0.000000210. The maximum absolute atomic E-state index is 2.71. The van der Waals surface area contributed by atoms with Crippen LogP contribution in [0.25, 0.3) is 0 Å². The predicted molar refractivity (Wildman–Crippen MR) is 113 cm³/mol. The second kappa shape index (κ2) is 11.6. The molecule has 0 aromatic heterocycles. The Morgan fingerprint density at radius 2 is 0.960 bits per heavy atom. The minimum atomic E-state index is 0.781. The number of likely N-dealkylation sites (tertiary alicyclic amines) is 1. The molecule has 5 fully saturated rings. The maximum atomic E-state index is 2.71. The fourth-order valence-corrected chi connectivity index (χ4v) is 5.33. The Morgan fingerprint density at radius 3 is 1.20 bits per heavy atom. The zero-order valence-corrected chi connectivity index (χ0v) is 18.7. The third-order valence-corrected chi connectivity index (χ3v) is 6.53. The van der Waals surface area contributed by atoms with Crippen molar-refractivity contribution in [3.63, 3.8) is 0 Å². The molecule has 2 heteroatoms.